The maximum Gasteiger partial charge on any atom is 0.338 e. The van der Waals surface area contributed by atoms with Crippen molar-refractivity contribution in [3.63, 3.8) is 0 Å². The summed E-state index contributed by atoms with van der Waals surface area (Å²) in [6.45, 7) is 3.57. The number of carbonyl (C=O) groups excluding carboxylic acids is 3. The van der Waals surface area contributed by atoms with E-state index in [2.05, 4.69) is 10.2 Å². The van der Waals surface area contributed by atoms with Crippen molar-refractivity contribution in [1.29, 1.82) is 0 Å². The van der Waals surface area contributed by atoms with Gasteiger partial charge in [-0.25, -0.2) is 4.79 Å². The number of rotatable bonds is 5. The van der Waals surface area contributed by atoms with Gasteiger partial charge in [-0.2, -0.15) is 0 Å². The third-order valence-electron chi connectivity index (χ3n) is 4.57. The molecule has 2 aromatic rings. The fraction of sp³-hybridized carbons (Fsp3) is 0.286. The van der Waals surface area contributed by atoms with Crippen LogP contribution in [0.2, 0.25) is 5.02 Å². The number of piperazine rings is 1. The molecule has 29 heavy (non-hydrogen) atoms. The standard InChI is InChI=1S/C21H22ClN3O4/c1-15(26)23-18-7-5-16(6-8-18)21(28)29-14-20(27)25-11-9-24(10-12-25)19-4-2-3-17(22)13-19/h2-8,13H,9-12,14H2,1H3,(H,23,26). The molecule has 0 saturated carbocycles. The lowest BCUT2D eigenvalue weighted by molar-refractivity contribution is -0.134. The molecule has 152 valence electrons. The Morgan fingerprint density at radius 1 is 1.03 bits per heavy atom. The first kappa shape index (κ1) is 20.7. The van der Waals surface area contributed by atoms with E-state index in [0.717, 1.165) is 5.69 Å². The van der Waals surface area contributed by atoms with Crippen LogP contribution >= 0.6 is 11.6 Å². The minimum Gasteiger partial charge on any atom is -0.452 e. The summed E-state index contributed by atoms with van der Waals surface area (Å²) in [7, 11) is 0. The molecular formula is C21H22ClN3O4. The van der Waals surface area contributed by atoms with Crippen LogP contribution in [0.1, 0.15) is 17.3 Å². The van der Waals surface area contributed by atoms with Gasteiger partial charge in [0.2, 0.25) is 5.91 Å². The number of carbonyl (C=O) groups is 3. The van der Waals surface area contributed by atoms with E-state index in [0.29, 0.717) is 42.5 Å². The van der Waals surface area contributed by atoms with Crippen LogP contribution in [-0.2, 0) is 14.3 Å². The van der Waals surface area contributed by atoms with Crippen LogP contribution in [0.5, 0.6) is 0 Å². The minimum absolute atomic E-state index is 0.193. The first-order valence-corrected chi connectivity index (χ1v) is 9.63. The topological polar surface area (TPSA) is 78.9 Å². The first-order valence-electron chi connectivity index (χ1n) is 9.25. The molecule has 0 bridgehead atoms. The van der Waals surface area contributed by atoms with Crippen LogP contribution < -0.4 is 10.2 Å². The van der Waals surface area contributed by atoms with E-state index in [4.69, 9.17) is 16.3 Å². The van der Waals surface area contributed by atoms with Crippen molar-refractivity contribution in [2.24, 2.45) is 0 Å². The molecule has 7 nitrogen and oxygen atoms in total. The molecule has 1 fully saturated rings. The molecule has 1 aliphatic rings. The fourth-order valence-corrected chi connectivity index (χ4v) is 3.27. The summed E-state index contributed by atoms with van der Waals surface area (Å²) in [4.78, 5) is 39.4. The molecule has 2 amide bonds. The predicted molar refractivity (Wildman–Crippen MR) is 111 cm³/mol. The van der Waals surface area contributed by atoms with Crippen molar-refractivity contribution in [3.8, 4) is 0 Å². The average molecular weight is 416 g/mol. The Bertz CT molecular complexity index is 893. The normalized spacial score (nSPS) is 13.7. The third-order valence-corrected chi connectivity index (χ3v) is 4.81. The predicted octanol–water partition coefficient (Wildman–Crippen LogP) is 2.80. The van der Waals surface area contributed by atoms with Gasteiger partial charge in [-0.1, -0.05) is 17.7 Å². The zero-order chi connectivity index (χ0) is 20.8. The molecule has 1 heterocycles. The molecule has 0 aliphatic carbocycles. The largest absolute Gasteiger partial charge is 0.452 e. The number of nitrogens with zero attached hydrogens (tertiary/aromatic N) is 2. The molecule has 3 rings (SSSR count). The van der Waals surface area contributed by atoms with Gasteiger partial charge in [-0.3, -0.25) is 9.59 Å². The number of halogens is 1. The fourth-order valence-electron chi connectivity index (χ4n) is 3.08. The maximum absolute atomic E-state index is 12.4. The number of hydrogen-bond donors (Lipinski definition) is 1. The quantitative estimate of drug-likeness (QED) is 0.760. The Hall–Kier alpha value is -3.06. The molecule has 0 unspecified atom stereocenters. The zero-order valence-corrected chi connectivity index (χ0v) is 16.8. The summed E-state index contributed by atoms with van der Waals surface area (Å²) in [5.41, 5.74) is 1.93. The maximum atomic E-state index is 12.4. The molecule has 0 spiro atoms. The van der Waals surface area contributed by atoms with E-state index in [1.165, 1.54) is 6.92 Å². The van der Waals surface area contributed by atoms with Gasteiger partial charge in [0.05, 0.1) is 5.56 Å². The molecule has 1 aliphatic heterocycles. The van der Waals surface area contributed by atoms with Crippen molar-refractivity contribution >= 4 is 40.8 Å². The summed E-state index contributed by atoms with van der Waals surface area (Å²) in [5, 5.41) is 3.30. The summed E-state index contributed by atoms with van der Waals surface area (Å²) in [6.07, 6.45) is 0. The van der Waals surface area contributed by atoms with Gasteiger partial charge in [-0.05, 0) is 42.5 Å². The van der Waals surface area contributed by atoms with Crippen LogP contribution in [-0.4, -0.2) is 55.5 Å². The van der Waals surface area contributed by atoms with E-state index in [9.17, 15) is 14.4 Å². The number of nitrogens with one attached hydrogen (secondary N) is 1. The summed E-state index contributed by atoms with van der Waals surface area (Å²) in [5.74, 6) is -0.995. The highest BCUT2D eigenvalue weighted by Crippen LogP contribution is 2.20. The van der Waals surface area contributed by atoms with Crippen molar-refractivity contribution in [3.05, 3.63) is 59.1 Å². The number of esters is 1. The molecule has 2 aromatic carbocycles. The number of amides is 2. The molecular weight excluding hydrogens is 394 g/mol. The third kappa shape index (κ3) is 5.71. The molecule has 8 heteroatoms. The van der Waals surface area contributed by atoms with E-state index in [1.807, 2.05) is 24.3 Å². The molecule has 0 radical (unpaired) electrons. The van der Waals surface area contributed by atoms with Crippen LogP contribution in [0.25, 0.3) is 0 Å². The van der Waals surface area contributed by atoms with Gasteiger partial charge < -0.3 is 19.9 Å². The second-order valence-corrected chi connectivity index (χ2v) is 7.12. The number of ether oxygens (including phenoxy) is 1. The second-order valence-electron chi connectivity index (χ2n) is 6.68. The highest BCUT2D eigenvalue weighted by Gasteiger charge is 2.22. The van der Waals surface area contributed by atoms with Gasteiger partial charge in [0, 0.05) is 49.5 Å². The van der Waals surface area contributed by atoms with Gasteiger partial charge in [0.1, 0.15) is 0 Å². The Labute approximate surface area is 174 Å². The lowest BCUT2D eigenvalue weighted by Gasteiger charge is -2.36. The van der Waals surface area contributed by atoms with Crippen LogP contribution in [0.15, 0.2) is 48.5 Å². The summed E-state index contributed by atoms with van der Waals surface area (Å²) in [6, 6.07) is 13.9. The van der Waals surface area contributed by atoms with E-state index < -0.39 is 5.97 Å². The monoisotopic (exact) mass is 415 g/mol. The van der Waals surface area contributed by atoms with Crippen molar-refractivity contribution in [1.82, 2.24) is 4.90 Å². The Morgan fingerprint density at radius 3 is 2.34 bits per heavy atom. The van der Waals surface area contributed by atoms with E-state index in [1.54, 1.807) is 29.2 Å². The number of hydrogen-bond acceptors (Lipinski definition) is 5. The first-order chi connectivity index (χ1) is 13.9. The lowest BCUT2D eigenvalue weighted by atomic mass is 10.2. The van der Waals surface area contributed by atoms with Gasteiger partial charge in [0.25, 0.3) is 5.91 Å². The van der Waals surface area contributed by atoms with Gasteiger partial charge in [-0.15, -0.1) is 0 Å². The van der Waals surface area contributed by atoms with Crippen molar-refractivity contribution in [2.45, 2.75) is 6.92 Å². The van der Waals surface area contributed by atoms with E-state index in [-0.39, 0.29) is 18.4 Å². The van der Waals surface area contributed by atoms with Crippen molar-refractivity contribution in [2.75, 3.05) is 43.0 Å². The number of benzene rings is 2. The van der Waals surface area contributed by atoms with Crippen LogP contribution in [0, 0.1) is 0 Å². The lowest BCUT2D eigenvalue weighted by Crippen LogP contribution is -2.49. The SMILES string of the molecule is CC(=O)Nc1ccc(C(=O)OCC(=O)N2CCN(c3cccc(Cl)c3)CC2)cc1. The van der Waals surface area contributed by atoms with Gasteiger partial charge in [0.15, 0.2) is 6.61 Å². The van der Waals surface area contributed by atoms with Crippen LogP contribution in [0.4, 0.5) is 11.4 Å². The second kappa shape index (κ2) is 9.43. The Kier molecular flexibility index (Phi) is 6.72. The molecule has 1 saturated heterocycles. The smallest absolute Gasteiger partial charge is 0.338 e. The molecule has 1 N–H and O–H groups in total. The highest BCUT2D eigenvalue weighted by atomic mass is 35.5. The molecule has 0 atom stereocenters. The Morgan fingerprint density at radius 2 is 1.72 bits per heavy atom. The molecule has 0 aromatic heterocycles. The minimum atomic E-state index is -0.578. The zero-order valence-electron chi connectivity index (χ0n) is 16.1. The number of anilines is 2. The van der Waals surface area contributed by atoms with Gasteiger partial charge >= 0.3 is 5.97 Å². The summed E-state index contributed by atoms with van der Waals surface area (Å²) < 4.78 is 5.14. The average Bonchev–Trinajstić information content (AvgIpc) is 2.72. The van der Waals surface area contributed by atoms with E-state index >= 15 is 0 Å². The van der Waals surface area contributed by atoms with Crippen molar-refractivity contribution < 1.29 is 19.1 Å². The highest BCUT2D eigenvalue weighted by molar-refractivity contribution is 6.30. The Balaban J connectivity index is 1.46. The summed E-state index contributed by atoms with van der Waals surface area (Å²) >= 11 is 6.04. The van der Waals surface area contributed by atoms with Crippen LogP contribution in [0.3, 0.4) is 0 Å².